The molecule has 2 aliphatic rings. The van der Waals surface area contributed by atoms with Gasteiger partial charge in [-0.05, 0) is 19.8 Å². The number of rotatable bonds is 3. The molecule has 4 heteroatoms. The maximum absolute atomic E-state index is 5.12. The summed E-state index contributed by atoms with van der Waals surface area (Å²) in [5, 5.41) is 3.37. The molecule has 0 unspecified atom stereocenters. The molecule has 0 bridgehead atoms. The van der Waals surface area contributed by atoms with E-state index in [4.69, 9.17) is 4.74 Å². The molecule has 0 aromatic carbocycles. The molecule has 1 N–H and O–H groups in total. The summed E-state index contributed by atoms with van der Waals surface area (Å²) < 4.78 is 5.12. The van der Waals surface area contributed by atoms with Gasteiger partial charge < -0.3 is 10.1 Å². The standard InChI is InChI=1S/C11H15N3O/c1-7-4-10(13-9-5-15-6-9)14-11(12-7)8-2-3-8/h4,8-9H,2-3,5-6H2,1H3,(H,12,13,14). The Morgan fingerprint density at radius 3 is 2.73 bits per heavy atom. The Morgan fingerprint density at radius 2 is 2.13 bits per heavy atom. The molecule has 1 aromatic heterocycles. The van der Waals surface area contributed by atoms with Gasteiger partial charge in [0, 0.05) is 17.7 Å². The second-order valence-electron chi connectivity index (χ2n) is 4.41. The Kier molecular flexibility index (Phi) is 2.09. The fourth-order valence-corrected chi connectivity index (χ4v) is 1.72. The van der Waals surface area contributed by atoms with Crippen LogP contribution in [0.2, 0.25) is 0 Å². The highest BCUT2D eigenvalue weighted by molar-refractivity contribution is 5.38. The van der Waals surface area contributed by atoms with Crippen molar-refractivity contribution in [3.8, 4) is 0 Å². The molecule has 0 spiro atoms. The molecule has 1 aromatic rings. The van der Waals surface area contributed by atoms with Crippen LogP contribution in [0.4, 0.5) is 5.82 Å². The molecule has 80 valence electrons. The third kappa shape index (κ3) is 1.95. The first-order valence-electron chi connectivity index (χ1n) is 5.51. The number of nitrogens with zero attached hydrogens (tertiary/aromatic N) is 2. The van der Waals surface area contributed by atoms with Crippen LogP contribution >= 0.6 is 0 Å². The van der Waals surface area contributed by atoms with Crippen molar-refractivity contribution in [1.29, 1.82) is 0 Å². The zero-order valence-corrected chi connectivity index (χ0v) is 8.86. The van der Waals surface area contributed by atoms with Crippen molar-refractivity contribution < 1.29 is 4.74 Å². The number of hydrogen-bond acceptors (Lipinski definition) is 4. The molecule has 0 atom stereocenters. The molecule has 4 nitrogen and oxygen atoms in total. The van der Waals surface area contributed by atoms with Crippen molar-refractivity contribution >= 4 is 5.82 Å². The van der Waals surface area contributed by atoms with Gasteiger partial charge in [-0.2, -0.15) is 0 Å². The van der Waals surface area contributed by atoms with E-state index in [1.165, 1.54) is 12.8 Å². The summed E-state index contributed by atoms with van der Waals surface area (Å²) in [6, 6.07) is 2.44. The molecule has 1 saturated heterocycles. The van der Waals surface area contributed by atoms with Gasteiger partial charge in [0.15, 0.2) is 0 Å². The Bertz CT molecular complexity index is 372. The Labute approximate surface area is 89.1 Å². The van der Waals surface area contributed by atoms with Crippen molar-refractivity contribution in [3.05, 3.63) is 17.6 Å². The van der Waals surface area contributed by atoms with E-state index in [0.29, 0.717) is 12.0 Å². The minimum Gasteiger partial charge on any atom is -0.377 e. The topological polar surface area (TPSA) is 47.0 Å². The Morgan fingerprint density at radius 1 is 1.33 bits per heavy atom. The monoisotopic (exact) mass is 205 g/mol. The summed E-state index contributed by atoms with van der Waals surface area (Å²) >= 11 is 0. The molecule has 3 rings (SSSR count). The first kappa shape index (κ1) is 9.09. The van der Waals surface area contributed by atoms with E-state index in [9.17, 15) is 0 Å². The molecular weight excluding hydrogens is 190 g/mol. The molecule has 15 heavy (non-hydrogen) atoms. The molecule has 2 fully saturated rings. The lowest BCUT2D eigenvalue weighted by Gasteiger charge is -2.27. The lowest BCUT2D eigenvalue weighted by molar-refractivity contribution is 0.0209. The number of hydrogen-bond donors (Lipinski definition) is 1. The van der Waals surface area contributed by atoms with Crippen molar-refractivity contribution in [2.75, 3.05) is 18.5 Å². The SMILES string of the molecule is Cc1cc(NC2COC2)nc(C2CC2)n1. The quantitative estimate of drug-likeness (QED) is 0.811. The molecular formula is C11H15N3O. The molecule has 1 aliphatic carbocycles. The van der Waals surface area contributed by atoms with Crippen molar-refractivity contribution in [1.82, 2.24) is 9.97 Å². The number of anilines is 1. The number of aryl methyl sites for hydroxylation is 1. The predicted molar refractivity (Wildman–Crippen MR) is 57.0 cm³/mol. The third-order valence-electron chi connectivity index (χ3n) is 2.80. The predicted octanol–water partition coefficient (Wildman–Crippen LogP) is 1.47. The summed E-state index contributed by atoms with van der Waals surface area (Å²) in [7, 11) is 0. The van der Waals surface area contributed by atoms with Gasteiger partial charge in [0.25, 0.3) is 0 Å². The van der Waals surface area contributed by atoms with Gasteiger partial charge in [0.05, 0.1) is 19.3 Å². The van der Waals surface area contributed by atoms with Gasteiger partial charge in [-0.15, -0.1) is 0 Å². The van der Waals surface area contributed by atoms with Crippen molar-refractivity contribution in [2.24, 2.45) is 0 Å². The second-order valence-corrected chi connectivity index (χ2v) is 4.41. The molecule has 1 aliphatic heterocycles. The first-order valence-corrected chi connectivity index (χ1v) is 5.51. The Hall–Kier alpha value is -1.16. The third-order valence-corrected chi connectivity index (χ3v) is 2.80. The highest BCUT2D eigenvalue weighted by Crippen LogP contribution is 2.38. The molecule has 0 radical (unpaired) electrons. The summed E-state index contributed by atoms with van der Waals surface area (Å²) in [5.41, 5.74) is 1.05. The van der Waals surface area contributed by atoms with Crippen LogP contribution in [-0.2, 0) is 4.74 Å². The van der Waals surface area contributed by atoms with E-state index in [-0.39, 0.29) is 0 Å². The van der Waals surface area contributed by atoms with Gasteiger partial charge >= 0.3 is 0 Å². The van der Waals surface area contributed by atoms with Crippen LogP contribution in [0.25, 0.3) is 0 Å². The van der Waals surface area contributed by atoms with Crippen LogP contribution in [0.15, 0.2) is 6.07 Å². The van der Waals surface area contributed by atoms with Crippen LogP contribution in [-0.4, -0.2) is 29.2 Å². The number of nitrogens with one attached hydrogen (secondary N) is 1. The van der Waals surface area contributed by atoms with Gasteiger partial charge in [-0.3, -0.25) is 0 Å². The van der Waals surface area contributed by atoms with Crippen LogP contribution in [0.5, 0.6) is 0 Å². The zero-order chi connectivity index (χ0) is 10.3. The average Bonchev–Trinajstić information content (AvgIpc) is 2.93. The maximum atomic E-state index is 5.12. The molecule has 1 saturated carbocycles. The lowest BCUT2D eigenvalue weighted by Crippen LogP contribution is -2.40. The van der Waals surface area contributed by atoms with Crippen molar-refractivity contribution in [3.63, 3.8) is 0 Å². The van der Waals surface area contributed by atoms with Crippen LogP contribution in [0.1, 0.15) is 30.3 Å². The highest BCUT2D eigenvalue weighted by Gasteiger charge is 2.27. The first-order chi connectivity index (χ1) is 7.31. The maximum Gasteiger partial charge on any atom is 0.134 e. The van der Waals surface area contributed by atoms with E-state index < -0.39 is 0 Å². The Balaban J connectivity index is 1.79. The van der Waals surface area contributed by atoms with E-state index in [2.05, 4.69) is 15.3 Å². The minimum absolute atomic E-state index is 0.436. The van der Waals surface area contributed by atoms with Gasteiger partial charge in [0.1, 0.15) is 11.6 Å². The largest absolute Gasteiger partial charge is 0.377 e. The average molecular weight is 205 g/mol. The zero-order valence-electron chi connectivity index (χ0n) is 8.86. The lowest BCUT2D eigenvalue weighted by atomic mass is 10.2. The second kappa shape index (κ2) is 3.45. The van der Waals surface area contributed by atoms with Crippen LogP contribution in [0.3, 0.4) is 0 Å². The van der Waals surface area contributed by atoms with E-state index in [1.807, 2.05) is 13.0 Å². The summed E-state index contributed by atoms with van der Waals surface area (Å²) in [6.45, 7) is 3.61. The van der Waals surface area contributed by atoms with Crippen LogP contribution < -0.4 is 5.32 Å². The normalized spacial score (nSPS) is 21.1. The van der Waals surface area contributed by atoms with Crippen molar-refractivity contribution in [2.45, 2.75) is 31.7 Å². The molecule has 2 heterocycles. The summed E-state index contributed by atoms with van der Waals surface area (Å²) in [5.74, 6) is 2.58. The smallest absolute Gasteiger partial charge is 0.134 e. The summed E-state index contributed by atoms with van der Waals surface area (Å²) in [6.07, 6.45) is 2.49. The van der Waals surface area contributed by atoms with E-state index in [0.717, 1.165) is 30.5 Å². The van der Waals surface area contributed by atoms with Gasteiger partial charge in [-0.1, -0.05) is 0 Å². The number of ether oxygens (including phenoxy) is 1. The minimum atomic E-state index is 0.436. The van der Waals surface area contributed by atoms with Gasteiger partial charge in [0.2, 0.25) is 0 Å². The highest BCUT2D eigenvalue weighted by atomic mass is 16.5. The number of aromatic nitrogens is 2. The van der Waals surface area contributed by atoms with Crippen LogP contribution in [0, 0.1) is 6.92 Å². The van der Waals surface area contributed by atoms with Gasteiger partial charge in [-0.25, -0.2) is 9.97 Å². The van der Waals surface area contributed by atoms with E-state index >= 15 is 0 Å². The molecule has 0 amide bonds. The summed E-state index contributed by atoms with van der Waals surface area (Å²) in [4.78, 5) is 9.00. The fraction of sp³-hybridized carbons (Fsp3) is 0.636. The van der Waals surface area contributed by atoms with E-state index in [1.54, 1.807) is 0 Å². The fourth-order valence-electron chi connectivity index (χ4n) is 1.72.